The third-order valence-electron chi connectivity index (χ3n) is 3.17. The highest BCUT2D eigenvalue weighted by molar-refractivity contribution is 6.34. The SMILES string of the molecule is Cc1ccc(/C=C(\C#N)C(=O)Nc2ccc([N+](=O)[O-])cc2Cl)cc1. The van der Waals surface area contributed by atoms with E-state index < -0.39 is 10.8 Å². The molecule has 1 amide bonds. The molecular weight excluding hydrogens is 330 g/mol. The number of halogens is 1. The Kier molecular flexibility index (Phi) is 5.30. The van der Waals surface area contributed by atoms with Crippen LogP contribution in [0.5, 0.6) is 0 Å². The van der Waals surface area contributed by atoms with Gasteiger partial charge in [0.05, 0.1) is 15.6 Å². The number of carbonyl (C=O) groups excluding carboxylic acids is 1. The summed E-state index contributed by atoms with van der Waals surface area (Å²) in [6.45, 7) is 1.93. The first-order valence-corrected chi connectivity index (χ1v) is 7.22. The van der Waals surface area contributed by atoms with Gasteiger partial charge >= 0.3 is 0 Å². The van der Waals surface area contributed by atoms with E-state index in [-0.39, 0.29) is 22.0 Å². The number of anilines is 1. The molecule has 0 radical (unpaired) electrons. The van der Waals surface area contributed by atoms with E-state index in [1.54, 1.807) is 12.1 Å². The predicted octanol–water partition coefficient (Wildman–Crippen LogP) is 4.10. The lowest BCUT2D eigenvalue weighted by Crippen LogP contribution is -2.13. The van der Waals surface area contributed by atoms with E-state index >= 15 is 0 Å². The van der Waals surface area contributed by atoms with Crippen LogP contribution in [-0.2, 0) is 4.79 Å². The first-order chi connectivity index (χ1) is 11.4. The van der Waals surface area contributed by atoms with Crippen molar-refractivity contribution in [3.05, 3.63) is 74.3 Å². The molecule has 0 unspecified atom stereocenters. The zero-order chi connectivity index (χ0) is 17.7. The maximum absolute atomic E-state index is 12.2. The van der Waals surface area contributed by atoms with Crippen molar-refractivity contribution < 1.29 is 9.72 Å². The van der Waals surface area contributed by atoms with Crippen molar-refractivity contribution in [3.63, 3.8) is 0 Å². The molecule has 0 saturated carbocycles. The summed E-state index contributed by atoms with van der Waals surface area (Å²) in [5.74, 6) is -0.645. The number of nitrogens with one attached hydrogen (secondary N) is 1. The van der Waals surface area contributed by atoms with Gasteiger partial charge in [-0.1, -0.05) is 41.4 Å². The summed E-state index contributed by atoms with van der Waals surface area (Å²) in [7, 11) is 0. The van der Waals surface area contributed by atoms with Gasteiger partial charge in [0.1, 0.15) is 11.6 Å². The van der Waals surface area contributed by atoms with Crippen molar-refractivity contribution in [1.82, 2.24) is 0 Å². The van der Waals surface area contributed by atoms with Crippen LogP contribution in [0.2, 0.25) is 5.02 Å². The Bertz CT molecular complexity index is 868. The fraction of sp³-hybridized carbons (Fsp3) is 0.0588. The van der Waals surface area contributed by atoms with Crippen LogP contribution in [0.15, 0.2) is 48.0 Å². The molecule has 0 spiro atoms. The standard InChI is InChI=1S/C17H12ClN3O3/c1-11-2-4-12(5-3-11)8-13(10-19)17(22)20-16-7-6-14(21(23)24)9-15(16)18/h2-9H,1H3,(H,20,22)/b13-8+. The van der Waals surface area contributed by atoms with Crippen LogP contribution in [0.25, 0.3) is 6.08 Å². The van der Waals surface area contributed by atoms with Crippen LogP contribution in [0.1, 0.15) is 11.1 Å². The first kappa shape index (κ1) is 17.2. The molecular formula is C17H12ClN3O3. The number of amides is 1. The van der Waals surface area contributed by atoms with Crippen molar-refractivity contribution in [2.75, 3.05) is 5.32 Å². The number of rotatable bonds is 4. The summed E-state index contributed by atoms with van der Waals surface area (Å²) in [5, 5.41) is 22.3. The molecule has 120 valence electrons. The van der Waals surface area contributed by atoms with Crippen LogP contribution in [-0.4, -0.2) is 10.8 Å². The summed E-state index contributed by atoms with van der Waals surface area (Å²) in [6, 6.07) is 12.8. The minimum atomic E-state index is -0.645. The molecule has 6 nitrogen and oxygen atoms in total. The second-order valence-corrected chi connectivity index (χ2v) is 5.36. The van der Waals surface area contributed by atoms with Gasteiger partial charge in [-0.15, -0.1) is 0 Å². The lowest BCUT2D eigenvalue weighted by Gasteiger charge is -2.06. The van der Waals surface area contributed by atoms with E-state index in [0.717, 1.165) is 11.6 Å². The summed E-state index contributed by atoms with van der Waals surface area (Å²) in [5.41, 5.74) is 1.68. The Labute approximate surface area is 143 Å². The molecule has 0 heterocycles. The highest BCUT2D eigenvalue weighted by atomic mass is 35.5. The van der Waals surface area contributed by atoms with Crippen LogP contribution in [0, 0.1) is 28.4 Å². The van der Waals surface area contributed by atoms with Crippen LogP contribution < -0.4 is 5.32 Å². The second-order valence-electron chi connectivity index (χ2n) is 4.96. The van der Waals surface area contributed by atoms with Gasteiger partial charge in [0, 0.05) is 12.1 Å². The summed E-state index contributed by atoms with van der Waals surface area (Å²) < 4.78 is 0. The largest absolute Gasteiger partial charge is 0.320 e. The first-order valence-electron chi connectivity index (χ1n) is 6.84. The lowest BCUT2D eigenvalue weighted by atomic mass is 10.1. The van der Waals surface area contributed by atoms with Crippen LogP contribution in [0.4, 0.5) is 11.4 Å². The average Bonchev–Trinajstić information content (AvgIpc) is 2.55. The van der Waals surface area contributed by atoms with E-state index in [9.17, 15) is 20.2 Å². The highest BCUT2D eigenvalue weighted by Gasteiger charge is 2.14. The molecule has 0 aromatic heterocycles. The molecule has 7 heteroatoms. The Morgan fingerprint density at radius 1 is 1.29 bits per heavy atom. The van der Waals surface area contributed by atoms with Gasteiger partial charge in [0.25, 0.3) is 11.6 Å². The van der Waals surface area contributed by atoms with E-state index in [4.69, 9.17) is 11.6 Å². The number of carbonyl (C=O) groups is 1. The molecule has 2 aromatic rings. The molecule has 1 N–H and O–H groups in total. The van der Waals surface area contributed by atoms with Crippen LogP contribution >= 0.6 is 11.6 Å². The lowest BCUT2D eigenvalue weighted by molar-refractivity contribution is -0.384. The topological polar surface area (TPSA) is 96.0 Å². The van der Waals surface area contributed by atoms with Gasteiger partial charge in [-0.3, -0.25) is 14.9 Å². The number of hydrogen-bond acceptors (Lipinski definition) is 4. The van der Waals surface area contributed by atoms with Crippen molar-refractivity contribution in [1.29, 1.82) is 5.26 Å². The Morgan fingerprint density at radius 3 is 2.50 bits per heavy atom. The van der Waals surface area contributed by atoms with E-state index in [0.29, 0.717) is 5.56 Å². The quantitative estimate of drug-likeness (QED) is 0.392. The number of nitriles is 1. The zero-order valence-corrected chi connectivity index (χ0v) is 13.4. The fourth-order valence-electron chi connectivity index (χ4n) is 1.89. The van der Waals surface area contributed by atoms with Gasteiger partial charge in [0.15, 0.2) is 0 Å². The monoisotopic (exact) mass is 341 g/mol. The third-order valence-corrected chi connectivity index (χ3v) is 3.48. The molecule has 2 aromatic carbocycles. The van der Waals surface area contributed by atoms with E-state index in [1.807, 2.05) is 25.1 Å². The number of hydrogen-bond donors (Lipinski definition) is 1. The Morgan fingerprint density at radius 2 is 1.96 bits per heavy atom. The van der Waals surface area contributed by atoms with Gasteiger partial charge in [-0.25, -0.2) is 0 Å². The molecule has 0 aliphatic carbocycles. The second kappa shape index (κ2) is 7.40. The van der Waals surface area contributed by atoms with Gasteiger partial charge in [-0.2, -0.15) is 5.26 Å². The van der Waals surface area contributed by atoms with Crippen molar-refractivity contribution >= 4 is 35.0 Å². The summed E-state index contributed by atoms with van der Waals surface area (Å²) in [6.07, 6.45) is 1.45. The molecule has 0 aliphatic rings. The fourth-order valence-corrected chi connectivity index (χ4v) is 2.11. The smallest absolute Gasteiger partial charge is 0.271 e. The van der Waals surface area contributed by atoms with Gasteiger partial charge < -0.3 is 5.32 Å². The maximum Gasteiger partial charge on any atom is 0.271 e. The van der Waals surface area contributed by atoms with E-state index in [2.05, 4.69) is 5.32 Å². The van der Waals surface area contributed by atoms with Crippen molar-refractivity contribution in [3.8, 4) is 6.07 Å². The van der Waals surface area contributed by atoms with Gasteiger partial charge in [-0.05, 0) is 24.6 Å². The Hall–Kier alpha value is -3.17. The number of nitro benzene ring substituents is 1. The van der Waals surface area contributed by atoms with E-state index in [1.165, 1.54) is 18.2 Å². The molecule has 0 aliphatic heterocycles. The summed E-state index contributed by atoms with van der Waals surface area (Å²) >= 11 is 5.92. The molecule has 0 bridgehead atoms. The molecule has 0 atom stereocenters. The number of aryl methyl sites for hydroxylation is 1. The minimum absolute atomic E-state index is 0.0187. The normalized spacial score (nSPS) is 10.8. The number of benzene rings is 2. The summed E-state index contributed by atoms with van der Waals surface area (Å²) in [4.78, 5) is 22.3. The molecule has 0 fully saturated rings. The van der Waals surface area contributed by atoms with Gasteiger partial charge in [0.2, 0.25) is 0 Å². The zero-order valence-electron chi connectivity index (χ0n) is 12.6. The third kappa shape index (κ3) is 4.18. The Balaban J connectivity index is 2.22. The average molecular weight is 342 g/mol. The predicted molar refractivity (Wildman–Crippen MR) is 91.5 cm³/mol. The van der Waals surface area contributed by atoms with Crippen molar-refractivity contribution in [2.24, 2.45) is 0 Å². The molecule has 0 saturated heterocycles. The maximum atomic E-state index is 12.2. The number of non-ortho nitro benzene ring substituents is 1. The molecule has 2 rings (SSSR count). The molecule has 24 heavy (non-hydrogen) atoms. The minimum Gasteiger partial charge on any atom is -0.320 e. The number of nitrogens with zero attached hydrogens (tertiary/aromatic N) is 2. The van der Waals surface area contributed by atoms with Crippen molar-refractivity contribution in [2.45, 2.75) is 6.92 Å². The van der Waals surface area contributed by atoms with Crippen LogP contribution in [0.3, 0.4) is 0 Å². The highest BCUT2D eigenvalue weighted by Crippen LogP contribution is 2.27. The number of nitro groups is 1.